The first-order chi connectivity index (χ1) is 3.39. The Kier molecular flexibility index (Phi) is 3.12. The molecular weight excluding hydrogens is 124 g/mol. The molecule has 1 rings (SSSR count). The first-order valence-electron chi connectivity index (χ1n) is 2.14. The Labute approximate surface area is 54.4 Å². The van der Waals surface area contributed by atoms with E-state index < -0.39 is 0 Å². The maximum Gasteiger partial charge on any atom is 0.0600 e. The molecule has 0 spiro atoms. The normalized spacial score (nSPS) is 7.62. The van der Waals surface area contributed by atoms with Crippen molar-refractivity contribution in [1.29, 1.82) is 0 Å². The molecule has 0 unspecified atom stereocenters. The van der Waals surface area contributed by atoms with Crippen molar-refractivity contribution < 1.29 is 0 Å². The molecule has 0 atom stereocenters. The highest BCUT2D eigenvalue weighted by Gasteiger charge is 1.74. The lowest BCUT2D eigenvalue weighted by Crippen LogP contribution is -1.79. The van der Waals surface area contributed by atoms with Crippen molar-refractivity contribution in [2.24, 2.45) is 0 Å². The van der Waals surface area contributed by atoms with Gasteiger partial charge in [0.25, 0.3) is 0 Å². The van der Waals surface area contributed by atoms with Gasteiger partial charge in [0.2, 0.25) is 0 Å². The highest BCUT2D eigenvalue weighted by molar-refractivity contribution is 5.85. The van der Waals surface area contributed by atoms with Crippen molar-refractivity contribution in [1.82, 2.24) is 10.2 Å². The quantitative estimate of drug-likeness (QED) is 0.528. The predicted octanol–water partition coefficient (Wildman–Crippen LogP) is 1.21. The summed E-state index contributed by atoms with van der Waals surface area (Å²) in [5.74, 6) is 0. The summed E-state index contributed by atoms with van der Waals surface area (Å²) in [5.41, 5.74) is 0.961. The zero-order valence-corrected chi connectivity index (χ0v) is 5.35. The molecule has 1 heterocycles. The molecule has 44 valence electrons. The van der Waals surface area contributed by atoms with Gasteiger partial charge in [-0.15, -0.1) is 12.4 Å². The maximum absolute atomic E-state index is 3.73. The predicted molar refractivity (Wildman–Crippen MR) is 34.0 cm³/mol. The molecule has 1 aromatic heterocycles. The monoisotopic (exact) mass is 130 g/mol. The van der Waals surface area contributed by atoms with E-state index in [1.54, 1.807) is 6.20 Å². The fraction of sp³-hybridized carbons (Fsp3) is 0.200. The van der Waals surface area contributed by atoms with Crippen LogP contribution in [0.4, 0.5) is 0 Å². The van der Waals surface area contributed by atoms with Gasteiger partial charge in [0.05, 0.1) is 5.69 Å². The molecule has 1 aromatic rings. The zero-order valence-electron chi connectivity index (χ0n) is 4.53. The minimum absolute atomic E-state index is 0. The number of rotatable bonds is 0. The first-order valence-corrected chi connectivity index (χ1v) is 2.14. The van der Waals surface area contributed by atoms with Gasteiger partial charge in [-0.2, -0.15) is 10.2 Å². The summed E-state index contributed by atoms with van der Waals surface area (Å²) < 4.78 is 0. The molecule has 0 aliphatic heterocycles. The Morgan fingerprint density at radius 2 is 2.25 bits per heavy atom. The Hall–Kier alpha value is -0.630. The Balaban J connectivity index is 0.000000490. The molecule has 0 bridgehead atoms. The van der Waals surface area contributed by atoms with Gasteiger partial charge in [0, 0.05) is 6.20 Å². The summed E-state index contributed by atoms with van der Waals surface area (Å²) in [6.45, 7) is 1.91. The van der Waals surface area contributed by atoms with Crippen LogP contribution in [0.3, 0.4) is 0 Å². The minimum atomic E-state index is 0. The van der Waals surface area contributed by atoms with Crippen LogP contribution in [0.2, 0.25) is 0 Å². The third-order valence-corrected chi connectivity index (χ3v) is 0.706. The molecular formula is C5H7ClN2. The summed E-state index contributed by atoms with van der Waals surface area (Å²) in [7, 11) is 0. The van der Waals surface area contributed by atoms with Crippen molar-refractivity contribution in [3.63, 3.8) is 0 Å². The average Bonchev–Trinajstić information content (AvgIpc) is 1.69. The number of nitrogens with zero attached hydrogens (tertiary/aromatic N) is 2. The van der Waals surface area contributed by atoms with Crippen LogP contribution in [0, 0.1) is 6.92 Å². The SMILES string of the molecule is Cc1cccnn1.Cl. The summed E-state index contributed by atoms with van der Waals surface area (Å²) in [4.78, 5) is 0. The lowest BCUT2D eigenvalue weighted by molar-refractivity contribution is 0.980. The van der Waals surface area contributed by atoms with Gasteiger partial charge in [-0.1, -0.05) is 0 Å². The maximum atomic E-state index is 3.73. The molecule has 0 aliphatic carbocycles. The largest absolute Gasteiger partial charge is 0.159 e. The van der Waals surface area contributed by atoms with E-state index in [9.17, 15) is 0 Å². The first kappa shape index (κ1) is 7.37. The van der Waals surface area contributed by atoms with Crippen molar-refractivity contribution in [3.8, 4) is 0 Å². The smallest absolute Gasteiger partial charge is 0.0600 e. The molecule has 0 fully saturated rings. The van der Waals surface area contributed by atoms with Crippen LogP contribution in [-0.4, -0.2) is 10.2 Å². The second kappa shape index (κ2) is 3.38. The standard InChI is InChI=1S/C5H6N2.ClH/c1-5-3-2-4-6-7-5;/h2-4H,1H3;1H. The Morgan fingerprint density at radius 3 is 2.50 bits per heavy atom. The van der Waals surface area contributed by atoms with Crippen molar-refractivity contribution in [3.05, 3.63) is 24.0 Å². The number of hydrogen-bond donors (Lipinski definition) is 0. The zero-order chi connectivity index (χ0) is 5.11. The van der Waals surface area contributed by atoms with Crippen LogP contribution in [-0.2, 0) is 0 Å². The van der Waals surface area contributed by atoms with Crippen LogP contribution in [0.1, 0.15) is 5.69 Å². The molecule has 0 saturated carbocycles. The Morgan fingerprint density at radius 1 is 1.50 bits per heavy atom. The Bertz CT molecular complexity index is 140. The molecule has 8 heavy (non-hydrogen) atoms. The van der Waals surface area contributed by atoms with E-state index in [2.05, 4.69) is 10.2 Å². The lowest BCUT2D eigenvalue weighted by atomic mass is 10.4. The fourth-order valence-corrected chi connectivity index (χ4v) is 0.379. The van der Waals surface area contributed by atoms with E-state index in [4.69, 9.17) is 0 Å². The highest BCUT2D eigenvalue weighted by atomic mass is 35.5. The van der Waals surface area contributed by atoms with Crippen LogP contribution >= 0.6 is 12.4 Å². The fourth-order valence-electron chi connectivity index (χ4n) is 0.379. The van der Waals surface area contributed by atoms with Gasteiger partial charge >= 0.3 is 0 Å². The third-order valence-electron chi connectivity index (χ3n) is 0.706. The van der Waals surface area contributed by atoms with Crippen molar-refractivity contribution in [2.45, 2.75) is 6.92 Å². The van der Waals surface area contributed by atoms with Gasteiger partial charge in [0.15, 0.2) is 0 Å². The van der Waals surface area contributed by atoms with Crippen LogP contribution in [0.5, 0.6) is 0 Å². The number of aryl methyl sites for hydroxylation is 1. The van der Waals surface area contributed by atoms with Gasteiger partial charge in [-0.25, -0.2) is 0 Å². The van der Waals surface area contributed by atoms with Gasteiger partial charge in [-0.3, -0.25) is 0 Å². The van der Waals surface area contributed by atoms with Gasteiger partial charge < -0.3 is 0 Å². The number of aromatic nitrogens is 2. The van der Waals surface area contributed by atoms with E-state index in [1.165, 1.54) is 0 Å². The molecule has 0 amide bonds. The molecule has 0 N–H and O–H groups in total. The van der Waals surface area contributed by atoms with E-state index in [0.717, 1.165) is 5.69 Å². The molecule has 0 radical (unpaired) electrons. The highest BCUT2D eigenvalue weighted by Crippen LogP contribution is 1.82. The van der Waals surface area contributed by atoms with E-state index in [-0.39, 0.29) is 12.4 Å². The molecule has 3 heteroatoms. The summed E-state index contributed by atoms with van der Waals surface area (Å²) >= 11 is 0. The van der Waals surface area contributed by atoms with Gasteiger partial charge in [0.1, 0.15) is 0 Å². The minimum Gasteiger partial charge on any atom is -0.159 e. The second-order valence-electron chi connectivity index (χ2n) is 1.37. The summed E-state index contributed by atoms with van der Waals surface area (Å²) in [5, 5.41) is 7.36. The lowest BCUT2D eigenvalue weighted by Gasteiger charge is -1.80. The van der Waals surface area contributed by atoms with Gasteiger partial charge in [-0.05, 0) is 19.1 Å². The van der Waals surface area contributed by atoms with Crippen LogP contribution < -0.4 is 0 Å². The number of halogens is 1. The second-order valence-corrected chi connectivity index (χ2v) is 1.37. The molecule has 0 saturated heterocycles. The third kappa shape index (κ3) is 1.89. The van der Waals surface area contributed by atoms with Crippen molar-refractivity contribution >= 4 is 12.4 Å². The summed E-state index contributed by atoms with van der Waals surface area (Å²) in [6, 6.07) is 3.77. The number of hydrogen-bond acceptors (Lipinski definition) is 2. The van der Waals surface area contributed by atoms with Crippen LogP contribution in [0.25, 0.3) is 0 Å². The molecule has 2 nitrogen and oxygen atoms in total. The molecule has 0 aliphatic rings. The average molecular weight is 131 g/mol. The molecule has 0 aromatic carbocycles. The summed E-state index contributed by atoms with van der Waals surface area (Å²) in [6.07, 6.45) is 1.66. The van der Waals surface area contributed by atoms with Crippen molar-refractivity contribution in [2.75, 3.05) is 0 Å². The van der Waals surface area contributed by atoms with E-state index in [0.29, 0.717) is 0 Å². The van der Waals surface area contributed by atoms with E-state index in [1.807, 2.05) is 19.1 Å². The van der Waals surface area contributed by atoms with E-state index >= 15 is 0 Å². The topological polar surface area (TPSA) is 25.8 Å². The van der Waals surface area contributed by atoms with Crippen LogP contribution in [0.15, 0.2) is 18.3 Å².